The van der Waals surface area contributed by atoms with Gasteiger partial charge in [-0.2, -0.15) is 0 Å². The van der Waals surface area contributed by atoms with E-state index in [2.05, 4.69) is 69.4 Å². The lowest BCUT2D eigenvalue weighted by Gasteiger charge is -2.18. The molecule has 0 aliphatic heterocycles. The van der Waals surface area contributed by atoms with Gasteiger partial charge in [-0.25, -0.2) is 0 Å². The Morgan fingerprint density at radius 1 is 0.323 bits per heavy atom. The van der Waals surface area contributed by atoms with Gasteiger partial charge < -0.3 is 14.2 Å². The lowest BCUT2D eigenvalue weighted by molar-refractivity contribution is -0.167. The summed E-state index contributed by atoms with van der Waals surface area (Å²) < 4.78 is 16.8. The molecule has 0 saturated carbocycles. The molecular formula is C59H106O6. The van der Waals surface area contributed by atoms with Crippen LogP contribution in [0.15, 0.2) is 48.6 Å². The molecule has 0 spiro atoms. The maximum Gasteiger partial charge on any atom is 0.306 e. The molecule has 0 aromatic rings. The average molecular weight is 911 g/mol. The number of allylic oxidation sites excluding steroid dienone is 8. The fraction of sp³-hybridized carbons (Fsp3) is 0.814. The van der Waals surface area contributed by atoms with Gasteiger partial charge in [0.05, 0.1) is 0 Å². The fourth-order valence-electron chi connectivity index (χ4n) is 8.10. The number of carbonyl (C=O) groups is 3. The summed E-state index contributed by atoms with van der Waals surface area (Å²) in [7, 11) is 0. The van der Waals surface area contributed by atoms with Gasteiger partial charge in [0.2, 0.25) is 0 Å². The maximum atomic E-state index is 12.8. The number of carbonyl (C=O) groups excluding carboxylic acids is 3. The summed E-state index contributed by atoms with van der Waals surface area (Å²) in [6, 6.07) is 0. The third-order valence-corrected chi connectivity index (χ3v) is 12.3. The SMILES string of the molecule is CC/C=C\C/C=C\C/C=C\CCCCCC(=O)OC(COC(=O)CCCCCCCCCCC)COC(=O)CCCCCCCCCCCCCCC/C=C\CCCCCCCCCC. The molecule has 0 radical (unpaired) electrons. The molecule has 1 atom stereocenters. The van der Waals surface area contributed by atoms with Crippen LogP contribution >= 0.6 is 0 Å². The van der Waals surface area contributed by atoms with E-state index in [1.807, 2.05) is 0 Å². The Morgan fingerprint density at radius 3 is 0.969 bits per heavy atom. The Hall–Kier alpha value is -2.63. The molecule has 6 nitrogen and oxygen atoms in total. The topological polar surface area (TPSA) is 78.9 Å². The van der Waals surface area contributed by atoms with Gasteiger partial charge in [0.15, 0.2) is 6.10 Å². The summed E-state index contributed by atoms with van der Waals surface area (Å²) in [4.78, 5) is 37.9. The third kappa shape index (κ3) is 52.2. The summed E-state index contributed by atoms with van der Waals surface area (Å²) >= 11 is 0. The van der Waals surface area contributed by atoms with Crippen LogP contribution in [0.5, 0.6) is 0 Å². The zero-order valence-electron chi connectivity index (χ0n) is 43.3. The number of hydrogen-bond donors (Lipinski definition) is 0. The monoisotopic (exact) mass is 911 g/mol. The standard InChI is InChI=1S/C59H106O6/c1-4-7-10-13-16-19-21-23-24-25-26-27-28-29-30-31-32-33-34-36-37-40-43-46-49-52-58(61)64-55-56(54-63-57(60)51-48-45-42-39-18-15-12-9-6-3)65-59(62)53-50-47-44-41-38-35-22-20-17-14-11-8-5-2/h8,11,17,20,25-26,35,38,56H,4-7,9-10,12-16,18-19,21-24,27-34,36-37,39-55H2,1-3H3/b11-8-,20-17-,26-25-,38-35-. The maximum absolute atomic E-state index is 12.8. The van der Waals surface area contributed by atoms with Crippen LogP contribution in [0, 0.1) is 0 Å². The van der Waals surface area contributed by atoms with Crippen LogP contribution in [-0.4, -0.2) is 37.2 Å². The molecule has 0 N–H and O–H groups in total. The van der Waals surface area contributed by atoms with Crippen LogP contribution in [0.3, 0.4) is 0 Å². The van der Waals surface area contributed by atoms with Crippen molar-refractivity contribution >= 4 is 17.9 Å². The first kappa shape index (κ1) is 62.4. The van der Waals surface area contributed by atoms with Crippen molar-refractivity contribution in [1.82, 2.24) is 0 Å². The lowest BCUT2D eigenvalue weighted by Crippen LogP contribution is -2.30. The zero-order valence-corrected chi connectivity index (χ0v) is 43.3. The molecule has 0 amide bonds. The summed E-state index contributed by atoms with van der Waals surface area (Å²) in [5.41, 5.74) is 0. The van der Waals surface area contributed by atoms with E-state index < -0.39 is 6.10 Å². The first-order chi connectivity index (χ1) is 32.0. The van der Waals surface area contributed by atoms with E-state index >= 15 is 0 Å². The second kappa shape index (κ2) is 54.0. The molecule has 0 aromatic carbocycles. The molecule has 378 valence electrons. The minimum Gasteiger partial charge on any atom is -0.462 e. The highest BCUT2D eigenvalue weighted by molar-refractivity contribution is 5.71. The normalized spacial score (nSPS) is 12.4. The molecule has 65 heavy (non-hydrogen) atoms. The van der Waals surface area contributed by atoms with E-state index in [9.17, 15) is 14.4 Å². The van der Waals surface area contributed by atoms with E-state index in [1.165, 1.54) is 167 Å². The van der Waals surface area contributed by atoms with E-state index in [1.54, 1.807) is 0 Å². The van der Waals surface area contributed by atoms with E-state index in [4.69, 9.17) is 14.2 Å². The van der Waals surface area contributed by atoms with Crippen LogP contribution in [0.2, 0.25) is 0 Å². The van der Waals surface area contributed by atoms with Crippen molar-refractivity contribution in [2.24, 2.45) is 0 Å². The second-order valence-corrected chi connectivity index (χ2v) is 18.8. The summed E-state index contributed by atoms with van der Waals surface area (Å²) in [6.45, 7) is 6.50. The highest BCUT2D eigenvalue weighted by Gasteiger charge is 2.19. The molecule has 0 bridgehead atoms. The third-order valence-electron chi connectivity index (χ3n) is 12.3. The van der Waals surface area contributed by atoms with Crippen molar-refractivity contribution in [1.29, 1.82) is 0 Å². The highest BCUT2D eigenvalue weighted by Crippen LogP contribution is 2.16. The molecule has 0 aliphatic carbocycles. The van der Waals surface area contributed by atoms with Gasteiger partial charge in [-0.05, 0) is 77.0 Å². The van der Waals surface area contributed by atoms with Crippen molar-refractivity contribution in [3.63, 3.8) is 0 Å². The largest absolute Gasteiger partial charge is 0.462 e. The van der Waals surface area contributed by atoms with Crippen molar-refractivity contribution < 1.29 is 28.6 Å². The van der Waals surface area contributed by atoms with E-state index in [-0.39, 0.29) is 31.1 Å². The molecule has 6 heteroatoms. The van der Waals surface area contributed by atoms with Gasteiger partial charge in [0.1, 0.15) is 13.2 Å². The first-order valence-electron chi connectivity index (χ1n) is 28.1. The highest BCUT2D eigenvalue weighted by atomic mass is 16.6. The Labute approximate surface area is 403 Å². The van der Waals surface area contributed by atoms with Crippen molar-refractivity contribution in [2.45, 2.75) is 297 Å². The van der Waals surface area contributed by atoms with Crippen LogP contribution in [0.4, 0.5) is 0 Å². The summed E-state index contributed by atoms with van der Waals surface area (Å²) in [5, 5.41) is 0. The number of esters is 3. The molecular weight excluding hydrogens is 805 g/mol. The average Bonchev–Trinajstić information content (AvgIpc) is 3.30. The van der Waals surface area contributed by atoms with Crippen LogP contribution in [-0.2, 0) is 28.6 Å². The molecule has 0 aromatic heterocycles. The fourth-order valence-corrected chi connectivity index (χ4v) is 8.10. The minimum absolute atomic E-state index is 0.0825. The number of unbranched alkanes of at least 4 members (excludes halogenated alkanes) is 32. The minimum atomic E-state index is -0.784. The summed E-state index contributed by atoms with van der Waals surface area (Å²) in [6.07, 6.45) is 65.6. The Balaban J connectivity index is 4.17. The molecule has 1 unspecified atom stereocenters. The van der Waals surface area contributed by atoms with Gasteiger partial charge in [0.25, 0.3) is 0 Å². The van der Waals surface area contributed by atoms with Crippen molar-refractivity contribution in [3.8, 4) is 0 Å². The lowest BCUT2D eigenvalue weighted by atomic mass is 10.0. The Kier molecular flexibility index (Phi) is 51.8. The smallest absolute Gasteiger partial charge is 0.306 e. The predicted molar refractivity (Wildman–Crippen MR) is 279 cm³/mol. The molecule has 0 rings (SSSR count). The van der Waals surface area contributed by atoms with Crippen molar-refractivity contribution in [2.75, 3.05) is 13.2 Å². The van der Waals surface area contributed by atoms with Crippen LogP contribution in [0.1, 0.15) is 290 Å². The quantitative estimate of drug-likeness (QED) is 0.0262. The number of ether oxygens (including phenoxy) is 3. The summed E-state index contributed by atoms with van der Waals surface area (Å²) in [5.74, 6) is -0.906. The Bertz CT molecular complexity index is 1140. The van der Waals surface area contributed by atoms with Gasteiger partial charge in [-0.1, -0.05) is 243 Å². The first-order valence-corrected chi connectivity index (χ1v) is 28.1. The van der Waals surface area contributed by atoms with Gasteiger partial charge in [-0.15, -0.1) is 0 Å². The molecule has 0 saturated heterocycles. The van der Waals surface area contributed by atoms with Gasteiger partial charge >= 0.3 is 17.9 Å². The number of hydrogen-bond acceptors (Lipinski definition) is 6. The van der Waals surface area contributed by atoms with E-state index in [0.717, 1.165) is 83.5 Å². The van der Waals surface area contributed by atoms with Gasteiger partial charge in [-0.3, -0.25) is 14.4 Å². The van der Waals surface area contributed by atoms with Crippen molar-refractivity contribution in [3.05, 3.63) is 48.6 Å². The Morgan fingerprint density at radius 2 is 0.600 bits per heavy atom. The zero-order chi connectivity index (χ0) is 47.2. The van der Waals surface area contributed by atoms with Crippen LogP contribution in [0.25, 0.3) is 0 Å². The molecule has 0 heterocycles. The molecule has 0 fully saturated rings. The number of rotatable bonds is 51. The van der Waals surface area contributed by atoms with Gasteiger partial charge in [0, 0.05) is 19.3 Å². The van der Waals surface area contributed by atoms with E-state index in [0.29, 0.717) is 19.3 Å². The predicted octanol–water partition coefficient (Wildman–Crippen LogP) is 18.7. The second-order valence-electron chi connectivity index (χ2n) is 18.8. The molecule has 0 aliphatic rings. The van der Waals surface area contributed by atoms with Crippen LogP contribution < -0.4 is 0 Å².